The van der Waals surface area contributed by atoms with Crippen LogP contribution in [-0.4, -0.2) is 31.5 Å². The van der Waals surface area contributed by atoms with E-state index >= 15 is 0 Å². The second-order valence-corrected chi connectivity index (χ2v) is 7.15. The summed E-state index contributed by atoms with van der Waals surface area (Å²) in [7, 11) is -1.23. The Labute approximate surface area is 117 Å². The Balaban J connectivity index is 1.92. The third-order valence-electron chi connectivity index (χ3n) is 3.05. The lowest BCUT2D eigenvalue weighted by Gasteiger charge is -2.04. The maximum absolute atomic E-state index is 11.4. The summed E-state index contributed by atoms with van der Waals surface area (Å²) in [5, 5.41) is 3.17. The first-order chi connectivity index (χ1) is 9.37. The van der Waals surface area contributed by atoms with Crippen LogP contribution < -0.4 is 11.1 Å². The monoisotopic (exact) mass is 298 g/mol. The average molecular weight is 298 g/mol. The van der Waals surface area contributed by atoms with Crippen molar-refractivity contribution >= 4 is 20.9 Å². The van der Waals surface area contributed by atoms with E-state index in [4.69, 9.17) is 4.42 Å². The van der Waals surface area contributed by atoms with Gasteiger partial charge in [-0.3, -0.25) is 4.57 Å². The van der Waals surface area contributed by atoms with Crippen molar-refractivity contribution in [2.24, 2.45) is 7.05 Å². The number of fused-ring (bicyclic) bond motifs is 1. The molecule has 0 saturated carbocycles. The van der Waals surface area contributed by atoms with Gasteiger partial charge in [0, 0.05) is 19.8 Å². The molecule has 0 aliphatic rings. The number of benzene rings is 1. The minimum absolute atomic E-state index is 0.187. The largest absolute Gasteiger partial charge is 0.419 e. The summed E-state index contributed by atoms with van der Waals surface area (Å²) in [6.45, 7) is 1.24. The molecule has 0 amide bonds. The van der Waals surface area contributed by atoms with Crippen molar-refractivity contribution in [3.63, 3.8) is 0 Å². The van der Waals surface area contributed by atoms with E-state index in [9.17, 15) is 13.2 Å². The lowest BCUT2D eigenvalue weighted by atomic mass is 10.2. The Morgan fingerprint density at radius 2 is 2.10 bits per heavy atom. The summed E-state index contributed by atoms with van der Waals surface area (Å²) in [4.78, 5) is 11.4. The van der Waals surface area contributed by atoms with Crippen LogP contribution in [0.15, 0.2) is 27.4 Å². The summed E-state index contributed by atoms with van der Waals surface area (Å²) >= 11 is 0. The number of oxazole rings is 1. The van der Waals surface area contributed by atoms with Gasteiger partial charge in [-0.15, -0.1) is 0 Å². The van der Waals surface area contributed by atoms with Crippen molar-refractivity contribution in [3.8, 4) is 0 Å². The summed E-state index contributed by atoms with van der Waals surface area (Å²) in [6, 6.07) is 5.58. The number of nitrogens with zero attached hydrogens (tertiary/aromatic N) is 1. The first-order valence-electron chi connectivity index (χ1n) is 6.34. The van der Waals surface area contributed by atoms with Crippen molar-refractivity contribution in [3.05, 3.63) is 34.3 Å². The van der Waals surface area contributed by atoms with Gasteiger partial charge in [-0.05, 0) is 30.7 Å². The first-order valence-corrected chi connectivity index (χ1v) is 8.40. The molecule has 0 aliphatic heterocycles. The number of aryl methyl sites for hydroxylation is 1. The van der Waals surface area contributed by atoms with Crippen LogP contribution in [0.1, 0.15) is 12.0 Å². The number of hydrogen-bond donors (Lipinski definition) is 1. The Morgan fingerprint density at radius 1 is 1.35 bits per heavy atom. The molecule has 1 aromatic heterocycles. The summed E-state index contributed by atoms with van der Waals surface area (Å²) in [5.41, 5.74) is 2.31. The topological polar surface area (TPSA) is 81.3 Å². The molecule has 20 heavy (non-hydrogen) atoms. The molecule has 0 spiro atoms. The Morgan fingerprint density at radius 3 is 2.80 bits per heavy atom. The summed E-state index contributed by atoms with van der Waals surface area (Å²) in [6.07, 6.45) is 1.82. The van der Waals surface area contributed by atoms with Crippen molar-refractivity contribution in [2.75, 3.05) is 18.6 Å². The lowest BCUT2D eigenvalue weighted by Crippen LogP contribution is -2.17. The molecule has 2 rings (SSSR count). The number of hydrogen-bond acceptors (Lipinski definition) is 5. The van der Waals surface area contributed by atoms with E-state index in [0.29, 0.717) is 25.1 Å². The zero-order chi connectivity index (χ0) is 14.8. The van der Waals surface area contributed by atoms with Crippen LogP contribution in [0.25, 0.3) is 11.1 Å². The molecule has 0 fully saturated rings. The molecule has 0 radical (unpaired) electrons. The molecular weight excluding hydrogens is 280 g/mol. The standard InChI is InChI=1S/C13H18N2O4S/c1-15-11-5-4-10(8-12(11)19-13(15)16)9-14-6-3-7-20(2,17)18/h4-5,8,14H,3,6-7,9H2,1-2H3. The molecule has 110 valence electrons. The fourth-order valence-corrected chi connectivity index (χ4v) is 2.65. The van der Waals surface area contributed by atoms with E-state index in [1.54, 1.807) is 7.05 Å². The van der Waals surface area contributed by atoms with E-state index in [0.717, 1.165) is 11.1 Å². The third kappa shape index (κ3) is 3.71. The highest BCUT2D eigenvalue weighted by molar-refractivity contribution is 7.90. The van der Waals surface area contributed by atoms with E-state index in [-0.39, 0.29) is 11.5 Å². The Kier molecular flexibility index (Phi) is 4.29. The molecular formula is C13H18N2O4S. The molecule has 0 bridgehead atoms. The fourth-order valence-electron chi connectivity index (χ4n) is 1.98. The molecule has 0 unspecified atom stereocenters. The average Bonchev–Trinajstić information content (AvgIpc) is 2.63. The minimum Gasteiger partial charge on any atom is -0.408 e. The number of rotatable bonds is 6. The van der Waals surface area contributed by atoms with Gasteiger partial charge in [0.1, 0.15) is 9.84 Å². The Bertz CT molecular complexity index is 758. The van der Waals surface area contributed by atoms with E-state index < -0.39 is 9.84 Å². The fraction of sp³-hybridized carbons (Fsp3) is 0.462. The second kappa shape index (κ2) is 5.80. The predicted octanol–water partition coefficient (Wildman–Crippen LogP) is 0.656. The molecule has 6 nitrogen and oxygen atoms in total. The van der Waals surface area contributed by atoms with Gasteiger partial charge < -0.3 is 9.73 Å². The summed E-state index contributed by atoms with van der Waals surface area (Å²) in [5.74, 6) is -0.190. The van der Waals surface area contributed by atoms with E-state index in [1.807, 2.05) is 18.2 Å². The van der Waals surface area contributed by atoms with E-state index in [1.165, 1.54) is 10.8 Å². The minimum atomic E-state index is -2.89. The predicted molar refractivity (Wildman–Crippen MR) is 77.5 cm³/mol. The second-order valence-electron chi connectivity index (χ2n) is 4.89. The zero-order valence-electron chi connectivity index (χ0n) is 11.5. The van der Waals surface area contributed by atoms with Crippen molar-refractivity contribution < 1.29 is 12.8 Å². The smallest absolute Gasteiger partial charge is 0.408 e. The molecule has 2 aromatic rings. The van der Waals surface area contributed by atoms with E-state index in [2.05, 4.69) is 5.32 Å². The molecule has 1 heterocycles. The summed E-state index contributed by atoms with van der Waals surface area (Å²) < 4.78 is 28.5. The van der Waals surface area contributed by atoms with Gasteiger partial charge in [0.25, 0.3) is 0 Å². The van der Waals surface area contributed by atoms with Gasteiger partial charge in [-0.25, -0.2) is 13.2 Å². The third-order valence-corrected chi connectivity index (χ3v) is 4.08. The molecule has 1 aromatic carbocycles. The maximum Gasteiger partial charge on any atom is 0.419 e. The number of nitrogens with one attached hydrogen (secondary N) is 1. The molecule has 1 N–H and O–H groups in total. The highest BCUT2D eigenvalue weighted by atomic mass is 32.2. The number of aromatic nitrogens is 1. The van der Waals surface area contributed by atoms with Gasteiger partial charge in [0.2, 0.25) is 0 Å². The quantitative estimate of drug-likeness (QED) is 0.792. The molecule has 0 atom stereocenters. The SMILES string of the molecule is Cn1c(=O)oc2cc(CNCCCS(C)(=O)=O)ccc21. The highest BCUT2D eigenvalue weighted by Crippen LogP contribution is 2.14. The molecule has 0 saturated heterocycles. The van der Waals surface area contributed by atoms with Crippen LogP contribution in [0.2, 0.25) is 0 Å². The van der Waals surface area contributed by atoms with Gasteiger partial charge in [-0.1, -0.05) is 6.07 Å². The number of sulfone groups is 1. The maximum atomic E-state index is 11.4. The molecule has 7 heteroatoms. The van der Waals surface area contributed by atoms with Crippen LogP contribution in [-0.2, 0) is 23.4 Å². The molecule has 0 aliphatic carbocycles. The van der Waals surface area contributed by atoms with Crippen LogP contribution in [0.5, 0.6) is 0 Å². The van der Waals surface area contributed by atoms with Crippen molar-refractivity contribution in [1.29, 1.82) is 0 Å². The highest BCUT2D eigenvalue weighted by Gasteiger charge is 2.06. The zero-order valence-corrected chi connectivity index (χ0v) is 12.4. The van der Waals surface area contributed by atoms with Crippen molar-refractivity contribution in [1.82, 2.24) is 9.88 Å². The van der Waals surface area contributed by atoms with Crippen molar-refractivity contribution in [2.45, 2.75) is 13.0 Å². The lowest BCUT2D eigenvalue weighted by molar-refractivity contribution is 0.527. The van der Waals surface area contributed by atoms with Crippen LogP contribution >= 0.6 is 0 Å². The Hall–Kier alpha value is -1.60. The normalized spacial score (nSPS) is 12.1. The van der Waals surface area contributed by atoms with Crippen LogP contribution in [0, 0.1) is 0 Å². The van der Waals surface area contributed by atoms with Crippen LogP contribution in [0.3, 0.4) is 0 Å². The van der Waals surface area contributed by atoms with Gasteiger partial charge in [0.15, 0.2) is 5.58 Å². The van der Waals surface area contributed by atoms with Crippen LogP contribution in [0.4, 0.5) is 0 Å². The van der Waals surface area contributed by atoms with Gasteiger partial charge >= 0.3 is 5.76 Å². The van der Waals surface area contributed by atoms with Gasteiger partial charge in [0.05, 0.1) is 11.3 Å². The van der Waals surface area contributed by atoms with Gasteiger partial charge in [-0.2, -0.15) is 0 Å². The first kappa shape index (κ1) is 14.8.